The molecule has 18 heavy (non-hydrogen) atoms. The van der Waals surface area contributed by atoms with Gasteiger partial charge in [0.2, 0.25) is 0 Å². The highest BCUT2D eigenvalue weighted by Gasteiger charge is 2.16. The Hall–Kier alpha value is -2.36. The molecule has 0 bridgehead atoms. The summed E-state index contributed by atoms with van der Waals surface area (Å²) in [5, 5.41) is 0. The van der Waals surface area contributed by atoms with Gasteiger partial charge in [0, 0.05) is 23.5 Å². The number of aromatic nitrogens is 1. The van der Waals surface area contributed by atoms with Gasteiger partial charge >= 0.3 is 0 Å². The zero-order chi connectivity index (χ0) is 13.1. The number of methoxy groups -OCH3 is 1. The fourth-order valence-corrected chi connectivity index (χ4v) is 1.77. The van der Waals surface area contributed by atoms with Crippen LogP contribution in [0.15, 0.2) is 36.7 Å². The highest BCUT2D eigenvalue weighted by molar-refractivity contribution is 6.13. The van der Waals surface area contributed by atoms with Gasteiger partial charge < -0.3 is 10.5 Å². The number of pyridine rings is 1. The molecule has 2 rings (SSSR count). The van der Waals surface area contributed by atoms with Crippen molar-refractivity contribution < 1.29 is 9.53 Å². The number of nitrogens with zero attached hydrogens (tertiary/aromatic N) is 1. The molecule has 0 saturated heterocycles. The first kappa shape index (κ1) is 12.1. The van der Waals surface area contributed by atoms with Crippen LogP contribution in [0.5, 0.6) is 5.75 Å². The van der Waals surface area contributed by atoms with Crippen molar-refractivity contribution in [1.29, 1.82) is 0 Å². The summed E-state index contributed by atoms with van der Waals surface area (Å²) in [5.74, 6) is 0.361. The van der Waals surface area contributed by atoms with Crippen LogP contribution in [0.3, 0.4) is 0 Å². The molecule has 0 amide bonds. The van der Waals surface area contributed by atoms with Crippen LogP contribution in [0.4, 0.5) is 5.69 Å². The highest BCUT2D eigenvalue weighted by atomic mass is 16.5. The number of hydrogen-bond donors (Lipinski definition) is 1. The second-order valence-electron chi connectivity index (χ2n) is 3.94. The SMILES string of the molecule is COc1cccc(C(=O)c2cnccc2C)c1N. The van der Waals surface area contributed by atoms with E-state index in [0.717, 1.165) is 5.56 Å². The Labute approximate surface area is 105 Å². The van der Waals surface area contributed by atoms with Crippen LogP contribution in [-0.2, 0) is 0 Å². The van der Waals surface area contributed by atoms with E-state index in [-0.39, 0.29) is 5.78 Å². The number of carbonyl (C=O) groups excluding carboxylic acids is 1. The molecule has 0 aliphatic heterocycles. The number of hydrogen-bond acceptors (Lipinski definition) is 4. The number of para-hydroxylation sites is 1. The van der Waals surface area contributed by atoms with Crippen LogP contribution in [0.25, 0.3) is 0 Å². The molecule has 0 spiro atoms. The van der Waals surface area contributed by atoms with Gasteiger partial charge in [0.1, 0.15) is 5.75 Å². The summed E-state index contributed by atoms with van der Waals surface area (Å²) in [5.41, 5.74) is 8.13. The third-order valence-electron chi connectivity index (χ3n) is 2.81. The maximum absolute atomic E-state index is 12.4. The first-order valence-electron chi connectivity index (χ1n) is 5.53. The minimum absolute atomic E-state index is 0.142. The topological polar surface area (TPSA) is 65.2 Å². The Kier molecular flexibility index (Phi) is 3.28. The van der Waals surface area contributed by atoms with Crippen molar-refractivity contribution in [1.82, 2.24) is 4.98 Å². The third kappa shape index (κ3) is 2.05. The van der Waals surface area contributed by atoms with E-state index >= 15 is 0 Å². The van der Waals surface area contributed by atoms with Crippen molar-refractivity contribution in [3.8, 4) is 5.75 Å². The van der Waals surface area contributed by atoms with E-state index in [2.05, 4.69) is 4.98 Å². The van der Waals surface area contributed by atoms with E-state index in [0.29, 0.717) is 22.6 Å². The number of aryl methyl sites for hydroxylation is 1. The molecule has 4 heteroatoms. The van der Waals surface area contributed by atoms with Crippen molar-refractivity contribution in [2.24, 2.45) is 0 Å². The molecule has 2 N–H and O–H groups in total. The van der Waals surface area contributed by atoms with Gasteiger partial charge in [-0.2, -0.15) is 0 Å². The molecule has 0 aliphatic carbocycles. The van der Waals surface area contributed by atoms with Crippen LogP contribution in [0.1, 0.15) is 21.5 Å². The Morgan fingerprint density at radius 2 is 2.06 bits per heavy atom. The van der Waals surface area contributed by atoms with Gasteiger partial charge in [0.25, 0.3) is 0 Å². The van der Waals surface area contributed by atoms with Crippen LogP contribution in [0.2, 0.25) is 0 Å². The Bertz CT molecular complexity index is 594. The number of ether oxygens (including phenoxy) is 1. The van der Waals surface area contributed by atoms with Crippen molar-refractivity contribution in [3.05, 3.63) is 53.3 Å². The maximum atomic E-state index is 12.4. The van der Waals surface area contributed by atoms with E-state index < -0.39 is 0 Å². The quantitative estimate of drug-likeness (QED) is 0.662. The summed E-state index contributed by atoms with van der Waals surface area (Å²) in [6, 6.07) is 6.95. The zero-order valence-electron chi connectivity index (χ0n) is 10.3. The molecule has 0 aliphatic rings. The lowest BCUT2D eigenvalue weighted by Crippen LogP contribution is -2.08. The summed E-state index contributed by atoms with van der Waals surface area (Å²) >= 11 is 0. The van der Waals surface area contributed by atoms with E-state index in [1.165, 1.54) is 7.11 Å². The van der Waals surface area contributed by atoms with Crippen LogP contribution >= 0.6 is 0 Å². The Balaban J connectivity index is 2.50. The maximum Gasteiger partial charge on any atom is 0.197 e. The molecule has 1 heterocycles. The van der Waals surface area contributed by atoms with Crippen LogP contribution in [-0.4, -0.2) is 17.9 Å². The summed E-state index contributed by atoms with van der Waals surface area (Å²) in [7, 11) is 1.52. The summed E-state index contributed by atoms with van der Waals surface area (Å²) in [6.45, 7) is 1.87. The van der Waals surface area contributed by atoms with Gasteiger partial charge in [0.05, 0.1) is 12.8 Å². The van der Waals surface area contributed by atoms with Gasteiger partial charge in [-0.25, -0.2) is 0 Å². The summed E-state index contributed by atoms with van der Waals surface area (Å²) in [4.78, 5) is 16.4. The number of carbonyl (C=O) groups is 1. The standard InChI is InChI=1S/C14H14N2O2/c1-9-6-7-16-8-11(9)14(17)10-4-3-5-12(18-2)13(10)15/h3-8H,15H2,1-2H3. The minimum atomic E-state index is -0.142. The van der Waals surface area contributed by atoms with Crippen molar-refractivity contribution in [2.45, 2.75) is 6.92 Å². The lowest BCUT2D eigenvalue weighted by Gasteiger charge is -2.10. The van der Waals surface area contributed by atoms with Crippen LogP contribution in [0, 0.1) is 6.92 Å². The predicted octanol–water partition coefficient (Wildman–Crippen LogP) is 2.21. The molecule has 0 saturated carbocycles. The molecule has 0 unspecified atom stereocenters. The molecule has 1 aromatic carbocycles. The highest BCUT2D eigenvalue weighted by Crippen LogP contribution is 2.27. The fourth-order valence-electron chi connectivity index (χ4n) is 1.77. The van der Waals surface area contributed by atoms with Gasteiger partial charge in [0.15, 0.2) is 5.78 Å². The monoisotopic (exact) mass is 242 g/mol. The van der Waals surface area contributed by atoms with Gasteiger partial charge in [-0.05, 0) is 30.7 Å². The molecule has 0 fully saturated rings. The number of rotatable bonds is 3. The summed E-state index contributed by atoms with van der Waals surface area (Å²) in [6.07, 6.45) is 3.21. The van der Waals surface area contributed by atoms with E-state index in [1.807, 2.05) is 6.92 Å². The number of ketones is 1. The number of nitrogen functional groups attached to an aromatic ring is 1. The van der Waals surface area contributed by atoms with E-state index in [4.69, 9.17) is 10.5 Å². The average Bonchev–Trinajstić information content (AvgIpc) is 2.39. The van der Waals surface area contributed by atoms with Gasteiger partial charge in [-0.1, -0.05) is 6.07 Å². The molecule has 0 radical (unpaired) electrons. The molecule has 92 valence electrons. The zero-order valence-corrected chi connectivity index (χ0v) is 10.3. The second kappa shape index (κ2) is 4.87. The number of benzene rings is 1. The number of nitrogens with two attached hydrogens (primary N) is 1. The molecule has 1 aromatic heterocycles. The first-order valence-corrected chi connectivity index (χ1v) is 5.53. The average molecular weight is 242 g/mol. The van der Waals surface area contributed by atoms with E-state index in [1.54, 1.807) is 36.7 Å². The largest absolute Gasteiger partial charge is 0.495 e. The molecule has 4 nitrogen and oxygen atoms in total. The number of anilines is 1. The lowest BCUT2D eigenvalue weighted by atomic mass is 9.99. The smallest absolute Gasteiger partial charge is 0.197 e. The van der Waals surface area contributed by atoms with Crippen LogP contribution < -0.4 is 10.5 Å². The Morgan fingerprint density at radius 1 is 1.28 bits per heavy atom. The van der Waals surface area contributed by atoms with Crippen molar-refractivity contribution >= 4 is 11.5 Å². The fraction of sp³-hybridized carbons (Fsp3) is 0.143. The third-order valence-corrected chi connectivity index (χ3v) is 2.81. The Morgan fingerprint density at radius 3 is 2.72 bits per heavy atom. The van der Waals surface area contributed by atoms with Crippen molar-refractivity contribution in [3.63, 3.8) is 0 Å². The first-order chi connectivity index (χ1) is 8.65. The summed E-state index contributed by atoms with van der Waals surface area (Å²) < 4.78 is 5.11. The lowest BCUT2D eigenvalue weighted by molar-refractivity contribution is 0.103. The molecule has 0 atom stereocenters. The normalized spacial score (nSPS) is 10.1. The predicted molar refractivity (Wildman–Crippen MR) is 69.8 cm³/mol. The molecular formula is C14H14N2O2. The minimum Gasteiger partial charge on any atom is -0.495 e. The van der Waals surface area contributed by atoms with Gasteiger partial charge in [-0.15, -0.1) is 0 Å². The molecular weight excluding hydrogens is 228 g/mol. The van der Waals surface area contributed by atoms with E-state index in [9.17, 15) is 4.79 Å². The molecule has 2 aromatic rings. The second-order valence-corrected chi connectivity index (χ2v) is 3.94. The van der Waals surface area contributed by atoms with Crippen molar-refractivity contribution in [2.75, 3.05) is 12.8 Å². The van der Waals surface area contributed by atoms with Gasteiger partial charge in [-0.3, -0.25) is 9.78 Å².